The number of para-hydroxylation sites is 2. The van der Waals surface area contributed by atoms with Crippen molar-refractivity contribution in [2.45, 2.75) is 31.7 Å². The maximum absolute atomic E-state index is 12.5. The van der Waals surface area contributed by atoms with Crippen LogP contribution in [0.2, 0.25) is 0 Å². The number of H-pyrrole nitrogens is 1. The second-order valence-electron chi connectivity index (χ2n) is 7.34. The van der Waals surface area contributed by atoms with E-state index in [2.05, 4.69) is 20.9 Å². The number of hydrogen-bond donors (Lipinski definition) is 1. The molecule has 0 atom stereocenters. The molecule has 1 aliphatic heterocycles. The number of aromatic nitrogens is 2. The Hall–Kier alpha value is -2.54. The third-order valence-electron chi connectivity index (χ3n) is 5.41. The molecule has 1 aromatic heterocycles. The number of nitrogens with one attached hydrogen (secondary N) is 1. The third kappa shape index (κ3) is 4.56. The van der Waals surface area contributed by atoms with Crippen LogP contribution in [0.1, 0.15) is 31.7 Å². The van der Waals surface area contributed by atoms with Gasteiger partial charge in [0.2, 0.25) is 5.91 Å². The van der Waals surface area contributed by atoms with Crippen molar-refractivity contribution in [2.75, 3.05) is 19.7 Å². The van der Waals surface area contributed by atoms with Crippen LogP contribution in [0.4, 0.5) is 0 Å². The minimum Gasteiger partial charge on any atom is -0.494 e. The van der Waals surface area contributed by atoms with E-state index in [9.17, 15) is 9.59 Å². The fourth-order valence-electron chi connectivity index (χ4n) is 3.94. The van der Waals surface area contributed by atoms with Crippen LogP contribution < -0.4 is 10.4 Å². The predicted molar refractivity (Wildman–Crippen MR) is 116 cm³/mol. The molecular formula is C22H24BrN3O3. The first-order valence-electron chi connectivity index (χ1n) is 9.97. The largest absolute Gasteiger partial charge is 0.494 e. The summed E-state index contributed by atoms with van der Waals surface area (Å²) >= 11 is 3.42. The lowest BCUT2D eigenvalue weighted by Crippen LogP contribution is -2.40. The smallest absolute Gasteiger partial charge is 0.326 e. The zero-order valence-corrected chi connectivity index (χ0v) is 17.7. The van der Waals surface area contributed by atoms with Gasteiger partial charge in [0.05, 0.1) is 17.6 Å². The molecule has 2 aromatic carbocycles. The number of halogens is 1. The van der Waals surface area contributed by atoms with Crippen molar-refractivity contribution in [3.63, 3.8) is 0 Å². The Morgan fingerprint density at radius 1 is 1.14 bits per heavy atom. The van der Waals surface area contributed by atoms with E-state index in [1.54, 1.807) is 0 Å². The van der Waals surface area contributed by atoms with E-state index in [0.717, 1.165) is 34.1 Å². The average molecular weight is 458 g/mol. The Morgan fingerprint density at radius 2 is 1.93 bits per heavy atom. The van der Waals surface area contributed by atoms with Gasteiger partial charge in [0, 0.05) is 30.0 Å². The van der Waals surface area contributed by atoms with E-state index in [1.165, 1.54) is 0 Å². The van der Waals surface area contributed by atoms with E-state index >= 15 is 0 Å². The van der Waals surface area contributed by atoms with Gasteiger partial charge >= 0.3 is 5.69 Å². The third-order valence-corrected chi connectivity index (χ3v) is 5.90. The van der Waals surface area contributed by atoms with Gasteiger partial charge in [-0.05, 0) is 49.6 Å². The molecular weight excluding hydrogens is 434 g/mol. The zero-order chi connectivity index (χ0) is 20.2. The topological polar surface area (TPSA) is 67.3 Å². The maximum Gasteiger partial charge on any atom is 0.326 e. The standard InChI is InChI=1S/C22H24BrN3O3/c23-16-5-3-6-18(15-16)29-14-4-9-21(27)25-12-10-17(11-13-25)26-20-8-2-1-7-19(20)24-22(26)28/h1-3,5-8,15,17H,4,9-14H2,(H,24,28). The first kappa shape index (κ1) is 19.8. The molecule has 0 spiro atoms. The fraction of sp³-hybridized carbons (Fsp3) is 0.364. The van der Waals surface area contributed by atoms with Crippen molar-refractivity contribution < 1.29 is 9.53 Å². The molecule has 1 N–H and O–H groups in total. The Kier molecular flexibility index (Phi) is 6.04. The molecule has 0 radical (unpaired) electrons. The normalized spacial score (nSPS) is 15.0. The first-order chi connectivity index (χ1) is 14.1. The van der Waals surface area contributed by atoms with Crippen molar-refractivity contribution in [3.8, 4) is 5.75 Å². The molecule has 152 valence electrons. The van der Waals surface area contributed by atoms with Crippen molar-refractivity contribution in [2.24, 2.45) is 0 Å². The molecule has 3 aromatic rings. The SMILES string of the molecule is O=C(CCCOc1cccc(Br)c1)N1CCC(n2c(=O)[nH]c3ccccc32)CC1. The van der Waals surface area contributed by atoms with Crippen molar-refractivity contribution in [3.05, 3.63) is 63.5 Å². The molecule has 1 amide bonds. The minimum absolute atomic E-state index is 0.0688. The van der Waals surface area contributed by atoms with Crippen LogP contribution in [-0.2, 0) is 4.79 Å². The number of aromatic amines is 1. The van der Waals surface area contributed by atoms with Gasteiger partial charge in [-0.1, -0.05) is 34.1 Å². The van der Waals surface area contributed by atoms with Crippen molar-refractivity contribution in [1.82, 2.24) is 14.5 Å². The fourth-order valence-corrected chi connectivity index (χ4v) is 4.32. The number of carbonyl (C=O) groups is 1. The van der Waals surface area contributed by atoms with E-state index in [-0.39, 0.29) is 17.6 Å². The number of piperidine rings is 1. The van der Waals surface area contributed by atoms with Gasteiger partial charge in [-0.3, -0.25) is 9.36 Å². The van der Waals surface area contributed by atoms with Gasteiger partial charge in [-0.15, -0.1) is 0 Å². The second kappa shape index (κ2) is 8.86. The summed E-state index contributed by atoms with van der Waals surface area (Å²) in [6.07, 6.45) is 2.75. The minimum atomic E-state index is -0.0688. The lowest BCUT2D eigenvalue weighted by Gasteiger charge is -2.32. The van der Waals surface area contributed by atoms with Crippen LogP contribution in [0.15, 0.2) is 57.8 Å². The highest BCUT2D eigenvalue weighted by Gasteiger charge is 2.25. The second-order valence-corrected chi connectivity index (χ2v) is 8.25. The molecule has 4 rings (SSSR count). The summed E-state index contributed by atoms with van der Waals surface area (Å²) in [5.74, 6) is 0.962. The quantitative estimate of drug-likeness (QED) is 0.566. The summed E-state index contributed by atoms with van der Waals surface area (Å²) in [6.45, 7) is 1.88. The number of nitrogens with zero attached hydrogens (tertiary/aromatic N) is 2. The molecule has 2 heterocycles. The number of benzene rings is 2. The van der Waals surface area contributed by atoms with Crippen molar-refractivity contribution in [1.29, 1.82) is 0 Å². The van der Waals surface area contributed by atoms with Gasteiger partial charge < -0.3 is 14.6 Å². The molecule has 0 aliphatic carbocycles. The number of hydrogen-bond acceptors (Lipinski definition) is 3. The summed E-state index contributed by atoms with van der Waals surface area (Å²) in [5.41, 5.74) is 1.73. The predicted octanol–water partition coefficient (Wildman–Crippen LogP) is 4.11. The number of carbonyl (C=O) groups excluding carboxylic acids is 1. The molecule has 0 saturated carbocycles. The van der Waals surface area contributed by atoms with Crippen LogP contribution in [0, 0.1) is 0 Å². The molecule has 6 nitrogen and oxygen atoms in total. The van der Waals surface area contributed by atoms with Crippen LogP contribution in [0.25, 0.3) is 11.0 Å². The lowest BCUT2D eigenvalue weighted by molar-refractivity contribution is -0.132. The Balaban J connectivity index is 1.26. The number of imidazole rings is 1. The summed E-state index contributed by atoms with van der Waals surface area (Å²) in [4.78, 5) is 29.7. The monoisotopic (exact) mass is 457 g/mol. The molecule has 29 heavy (non-hydrogen) atoms. The number of amides is 1. The molecule has 1 fully saturated rings. The van der Waals surface area contributed by atoms with Gasteiger partial charge in [0.1, 0.15) is 5.75 Å². The van der Waals surface area contributed by atoms with Crippen LogP contribution in [0.5, 0.6) is 5.75 Å². The number of fused-ring (bicyclic) bond motifs is 1. The van der Waals surface area contributed by atoms with E-state index < -0.39 is 0 Å². The maximum atomic E-state index is 12.5. The van der Waals surface area contributed by atoms with Gasteiger partial charge in [-0.25, -0.2) is 4.79 Å². The summed E-state index contributed by atoms with van der Waals surface area (Å²) in [5, 5.41) is 0. The summed E-state index contributed by atoms with van der Waals surface area (Å²) in [7, 11) is 0. The van der Waals surface area contributed by atoms with Crippen molar-refractivity contribution >= 4 is 32.9 Å². The number of rotatable bonds is 6. The average Bonchev–Trinajstić information content (AvgIpc) is 3.07. The summed E-state index contributed by atoms with van der Waals surface area (Å²) in [6, 6.07) is 15.6. The molecule has 1 saturated heterocycles. The van der Waals surface area contributed by atoms with E-state index in [1.807, 2.05) is 58.0 Å². The lowest BCUT2D eigenvalue weighted by atomic mass is 10.0. The highest BCUT2D eigenvalue weighted by atomic mass is 79.9. The molecule has 7 heteroatoms. The Bertz CT molecular complexity index is 1050. The van der Waals surface area contributed by atoms with Crippen LogP contribution in [-0.4, -0.2) is 40.1 Å². The number of likely N-dealkylation sites (tertiary alicyclic amines) is 1. The highest BCUT2D eigenvalue weighted by Crippen LogP contribution is 2.25. The number of ether oxygens (including phenoxy) is 1. The van der Waals surface area contributed by atoms with Crippen LogP contribution in [0.3, 0.4) is 0 Å². The van der Waals surface area contributed by atoms with Gasteiger partial charge in [-0.2, -0.15) is 0 Å². The molecule has 0 bridgehead atoms. The zero-order valence-electron chi connectivity index (χ0n) is 16.1. The van der Waals surface area contributed by atoms with E-state index in [0.29, 0.717) is 32.5 Å². The Morgan fingerprint density at radius 3 is 2.72 bits per heavy atom. The van der Waals surface area contributed by atoms with Crippen LogP contribution >= 0.6 is 15.9 Å². The first-order valence-corrected chi connectivity index (χ1v) is 10.8. The van der Waals surface area contributed by atoms with E-state index in [4.69, 9.17) is 4.74 Å². The molecule has 1 aliphatic rings. The molecule has 0 unspecified atom stereocenters. The van der Waals surface area contributed by atoms with Gasteiger partial charge in [0.25, 0.3) is 0 Å². The van der Waals surface area contributed by atoms with Gasteiger partial charge in [0.15, 0.2) is 0 Å². The highest BCUT2D eigenvalue weighted by molar-refractivity contribution is 9.10. The summed E-state index contributed by atoms with van der Waals surface area (Å²) < 4.78 is 8.53. The Labute approximate surface area is 177 Å².